The molecular weight excluding hydrogens is 166 g/mol. The number of aryl methyl sites for hydroxylation is 1. The topological polar surface area (TPSA) is 12.9 Å². The Kier molecular flexibility index (Phi) is 1.63. The molecule has 0 bridgehead atoms. The molecule has 0 saturated carbocycles. The van der Waals surface area contributed by atoms with Crippen LogP contribution in [0.15, 0.2) is 16.7 Å². The van der Waals surface area contributed by atoms with Crippen molar-refractivity contribution in [2.45, 2.75) is 6.92 Å². The van der Waals surface area contributed by atoms with Crippen molar-refractivity contribution in [2.75, 3.05) is 0 Å². The molecule has 2 heteroatoms. The highest BCUT2D eigenvalue weighted by molar-refractivity contribution is 9.10. The summed E-state index contributed by atoms with van der Waals surface area (Å²) in [5, 5.41) is 0. The van der Waals surface area contributed by atoms with E-state index < -0.39 is 0 Å². The third kappa shape index (κ3) is 1.07. The first-order valence-corrected chi connectivity index (χ1v) is 3.08. The van der Waals surface area contributed by atoms with Crippen LogP contribution in [0.2, 0.25) is 0 Å². The minimum atomic E-state index is 1.04. The van der Waals surface area contributed by atoms with Gasteiger partial charge in [-0.15, -0.1) is 0 Å². The fourth-order valence-corrected chi connectivity index (χ4v) is 0.616. The van der Waals surface area contributed by atoms with Gasteiger partial charge < -0.3 is 0 Å². The normalized spacial score (nSPS) is 9.25. The standard InChI is InChI=1S/C6H5BrN/c1-5-2-3-8-4-6(5)7/h2,4H,1H3. The Balaban J connectivity index is 3.13. The Bertz CT molecular complexity index is 165. The molecule has 0 saturated heterocycles. The SMILES string of the molecule is Cc1c[c]ncc1Br. The molecule has 1 aromatic rings. The van der Waals surface area contributed by atoms with Crippen LogP contribution >= 0.6 is 15.9 Å². The number of rotatable bonds is 0. The zero-order valence-electron chi connectivity index (χ0n) is 4.48. The van der Waals surface area contributed by atoms with Gasteiger partial charge in [-0.2, -0.15) is 0 Å². The maximum Gasteiger partial charge on any atom is 0.0889 e. The van der Waals surface area contributed by atoms with Gasteiger partial charge in [-0.25, -0.2) is 0 Å². The zero-order valence-corrected chi connectivity index (χ0v) is 6.07. The summed E-state index contributed by atoms with van der Waals surface area (Å²) >= 11 is 3.31. The Hall–Kier alpha value is -0.370. The van der Waals surface area contributed by atoms with Crippen LogP contribution < -0.4 is 0 Å². The minimum Gasteiger partial charge on any atom is -0.253 e. The summed E-state index contributed by atoms with van der Waals surface area (Å²) in [6, 6.07) is 1.84. The third-order valence-corrected chi connectivity index (χ3v) is 1.74. The van der Waals surface area contributed by atoms with Crippen molar-refractivity contribution in [1.29, 1.82) is 0 Å². The highest BCUT2D eigenvalue weighted by Gasteiger charge is 1.87. The molecule has 8 heavy (non-hydrogen) atoms. The molecule has 1 aromatic heterocycles. The Morgan fingerprint density at radius 2 is 2.50 bits per heavy atom. The van der Waals surface area contributed by atoms with Gasteiger partial charge in [-0.3, -0.25) is 4.98 Å². The molecule has 0 atom stereocenters. The lowest BCUT2D eigenvalue weighted by atomic mass is 10.3. The van der Waals surface area contributed by atoms with Gasteiger partial charge >= 0.3 is 0 Å². The van der Waals surface area contributed by atoms with E-state index >= 15 is 0 Å². The molecule has 1 nitrogen and oxygen atoms in total. The molecule has 0 aliphatic carbocycles. The number of aromatic nitrogens is 1. The second-order valence-corrected chi connectivity index (χ2v) is 2.42. The van der Waals surface area contributed by atoms with Crippen LogP contribution in [-0.2, 0) is 0 Å². The van der Waals surface area contributed by atoms with Crippen LogP contribution in [0.25, 0.3) is 0 Å². The Morgan fingerprint density at radius 3 is 2.88 bits per heavy atom. The molecule has 41 valence electrons. The minimum absolute atomic E-state index is 1.04. The van der Waals surface area contributed by atoms with E-state index in [0.717, 1.165) is 4.47 Å². The van der Waals surface area contributed by atoms with Crippen LogP contribution in [0, 0.1) is 13.1 Å². The van der Waals surface area contributed by atoms with Crippen LogP contribution in [0.3, 0.4) is 0 Å². The molecule has 0 amide bonds. The molecule has 0 fully saturated rings. The van der Waals surface area contributed by atoms with E-state index in [1.807, 2.05) is 13.0 Å². The van der Waals surface area contributed by atoms with E-state index in [4.69, 9.17) is 0 Å². The molecule has 0 N–H and O–H groups in total. The largest absolute Gasteiger partial charge is 0.253 e. The van der Waals surface area contributed by atoms with Gasteiger partial charge in [-0.1, -0.05) is 0 Å². The van der Waals surface area contributed by atoms with Crippen molar-refractivity contribution in [3.05, 3.63) is 28.5 Å². The summed E-state index contributed by atoms with van der Waals surface area (Å²) in [4.78, 5) is 3.77. The molecule has 1 rings (SSSR count). The van der Waals surface area contributed by atoms with Gasteiger partial charge in [-0.05, 0) is 34.5 Å². The molecule has 0 aromatic carbocycles. The van der Waals surface area contributed by atoms with Crippen LogP contribution in [0.1, 0.15) is 5.56 Å². The van der Waals surface area contributed by atoms with Gasteiger partial charge in [0.25, 0.3) is 0 Å². The van der Waals surface area contributed by atoms with E-state index in [1.54, 1.807) is 6.20 Å². The highest BCUT2D eigenvalue weighted by atomic mass is 79.9. The summed E-state index contributed by atoms with van der Waals surface area (Å²) in [6.07, 6.45) is 4.45. The van der Waals surface area contributed by atoms with E-state index in [1.165, 1.54) is 5.56 Å². The maximum absolute atomic E-state index is 3.77. The van der Waals surface area contributed by atoms with Crippen molar-refractivity contribution >= 4 is 15.9 Å². The lowest BCUT2D eigenvalue weighted by molar-refractivity contribution is 1.25. The maximum atomic E-state index is 3.77. The number of hydrogen-bond acceptors (Lipinski definition) is 1. The average molecular weight is 171 g/mol. The summed E-state index contributed by atoms with van der Waals surface area (Å²) in [7, 11) is 0. The van der Waals surface area contributed by atoms with Crippen LogP contribution in [0.5, 0.6) is 0 Å². The lowest BCUT2D eigenvalue weighted by Crippen LogP contribution is -1.75. The quantitative estimate of drug-likeness (QED) is 0.581. The first kappa shape index (κ1) is 5.76. The monoisotopic (exact) mass is 170 g/mol. The van der Waals surface area contributed by atoms with E-state index in [9.17, 15) is 0 Å². The van der Waals surface area contributed by atoms with Gasteiger partial charge in [0.1, 0.15) is 0 Å². The van der Waals surface area contributed by atoms with E-state index in [0.29, 0.717) is 0 Å². The van der Waals surface area contributed by atoms with Crippen LogP contribution in [-0.4, -0.2) is 4.98 Å². The average Bonchev–Trinajstić information content (AvgIpc) is 1.77. The summed E-state index contributed by atoms with van der Waals surface area (Å²) in [5.74, 6) is 0. The summed E-state index contributed by atoms with van der Waals surface area (Å²) < 4.78 is 1.04. The molecule has 1 radical (unpaired) electrons. The van der Waals surface area contributed by atoms with E-state index in [-0.39, 0.29) is 0 Å². The van der Waals surface area contributed by atoms with Crippen molar-refractivity contribution < 1.29 is 0 Å². The lowest BCUT2D eigenvalue weighted by Gasteiger charge is -1.90. The van der Waals surface area contributed by atoms with Gasteiger partial charge in [0.05, 0.1) is 6.20 Å². The predicted molar refractivity (Wildman–Crippen MR) is 35.5 cm³/mol. The fourth-order valence-electron chi connectivity index (χ4n) is 0.399. The third-order valence-electron chi connectivity index (χ3n) is 0.910. The van der Waals surface area contributed by atoms with Crippen molar-refractivity contribution in [3.8, 4) is 0 Å². The first-order valence-electron chi connectivity index (χ1n) is 2.29. The highest BCUT2D eigenvalue weighted by Crippen LogP contribution is 2.11. The zero-order chi connectivity index (χ0) is 5.98. The Labute approximate surface area is 56.9 Å². The molecule has 1 heterocycles. The molecule has 0 aliphatic rings. The second kappa shape index (κ2) is 2.27. The van der Waals surface area contributed by atoms with Gasteiger partial charge in [0.2, 0.25) is 0 Å². The van der Waals surface area contributed by atoms with Crippen LogP contribution in [0.4, 0.5) is 0 Å². The molecule has 0 unspecified atom stereocenters. The molecule has 0 aliphatic heterocycles. The number of hydrogen-bond donors (Lipinski definition) is 0. The van der Waals surface area contributed by atoms with E-state index in [2.05, 4.69) is 27.1 Å². The number of halogens is 1. The second-order valence-electron chi connectivity index (χ2n) is 1.56. The number of nitrogens with zero attached hydrogens (tertiary/aromatic N) is 1. The predicted octanol–water partition coefficient (Wildman–Crippen LogP) is 1.95. The summed E-state index contributed by atoms with van der Waals surface area (Å²) in [5.41, 5.74) is 1.17. The Morgan fingerprint density at radius 1 is 1.75 bits per heavy atom. The molecular formula is C6H5BrN. The summed E-state index contributed by atoms with van der Waals surface area (Å²) in [6.45, 7) is 2.00. The first-order chi connectivity index (χ1) is 3.80. The smallest absolute Gasteiger partial charge is 0.0889 e. The van der Waals surface area contributed by atoms with Crippen molar-refractivity contribution in [1.82, 2.24) is 4.98 Å². The van der Waals surface area contributed by atoms with Crippen molar-refractivity contribution in [3.63, 3.8) is 0 Å². The number of pyridine rings is 1. The van der Waals surface area contributed by atoms with Gasteiger partial charge in [0, 0.05) is 10.7 Å². The van der Waals surface area contributed by atoms with Gasteiger partial charge in [0.15, 0.2) is 0 Å². The fraction of sp³-hybridized carbons (Fsp3) is 0.167. The molecule has 0 spiro atoms. The van der Waals surface area contributed by atoms with Crippen molar-refractivity contribution in [2.24, 2.45) is 0 Å².